The highest BCUT2D eigenvalue weighted by Gasteiger charge is 2.32. The first-order valence-corrected chi connectivity index (χ1v) is 6.88. The van der Waals surface area contributed by atoms with E-state index in [0.717, 1.165) is 25.7 Å². The van der Waals surface area contributed by atoms with Gasteiger partial charge in [0.25, 0.3) is 5.01 Å². The molecule has 17 heavy (non-hydrogen) atoms. The number of para-hydroxylation sites is 1. The van der Waals surface area contributed by atoms with Gasteiger partial charge in [-0.05, 0) is 25.0 Å². The Morgan fingerprint density at radius 1 is 1.18 bits per heavy atom. The summed E-state index contributed by atoms with van der Waals surface area (Å²) in [6.07, 6.45) is 5.60. The highest BCUT2D eigenvalue weighted by atomic mass is 32.1. The average molecular weight is 254 g/mol. The molecule has 1 aliphatic carbocycles. The van der Waals surface area contributed by atoms with Gasteiger partial charge in [0, 0.05) is 4.79 Å². The number of aromatic nitrogens is 1. The normalized spacial score (nSPS) is 17.8. The molecule has 0 radical (unpaired) electrons. The highest BCUT2D eigenvalue weighted by molar-refractivity contribution is 7.18. The smallest absolute Gasteiger partial charge is 0.199 e. The third-order valence-corrected chi connectivity index (χ3v) is 4.76. The number of rotatable bonds is 1. The summed E-state index contributed by atoms with van der Waals surface area (Å²) in [6.45, 7) is 0. The molecule has 0 amide bonds. The molecule has 1 nitrogen and oxygen atoms in total. The summed E-state index contributed by atoms with van der Waals surface area (Å²) in [4.78, 5) is 0.575. The molecule has 0 aliphatic heterocycles. The van der Waals surface area contributed by atoms with E-state index in [1.54, 1.807) is 12.1 Å². The van der Waals surface area contributed by atoms with Crippen molar-refractivity contribution in [3.63, 3.8) is 0 Å². The molecule has 1 heterocycles. The Labute approximate surface area is 103 Å². The third-order valence-electron chi connectivity index (χ3n) is 3.51. The maximum atomic E-state index is 14.2. The molecule has 0 N–H and O–H groups in total. The molecule has 1 fully saturated rings. The quantitative estimate of drug-likeness (QED) is 0.721. The molecule has 0 unspecified atom stereocenters. The van der Waals surface area contributed by atoms with Gasteiger partial charge in [-0.2, -0.15) is 4.39 Å². The first kappa shape index (κ1) is 11.1. The lowest BCUT2D eigenvalue weighted by atomic mass is 9.90. The molecule has 0 atom stereocenters. The maximum Gasteiger partial charge on any atom is 0.307 e. The second-order valence-electron chi connectivity index (χ2n) is 4.64. The largest absolute Gasteiger partial charge is 0.307 e. The second-order valence-corrected chi connectivity index (χ2v) is 5.70. The Kier molecular flexibility index (Phi) is 2.82. The zero-order chi connectivity index (χ0) is 11.8. The summed E-state index contributed by atoms with van der Waals surface area (Å²) >= 11 is 1.39. The van der Waals surface area contributed by atoms with Crippen molar-refractivity contribution in [3.05, 3.63) is 29.0 Å². The van der Waals surface area contributed by atoms with Gasteiger partial charge in [-0.3, -0.25) is 0 Å². The van der Waals surface area contributed by atoms with Gasteiger partial charge in [0.15, 0.2) is 5.82 Å². The molecule has 0 saturated heterocycles. The predicted molar refractivity (Wildman–Crippen MR) is 64.3 cm³/mol. The van der Waals surface area contributed by atoms with Gasteiger partial charge < -0.3 is 0 Å². The summed E-state index contributed by atoms with van der Waals surface area (Å²) in [7, 11) is 0. The van der Waals surface area contributed by atoms with Gasteiger partial charge in [0.1, 0.15) is 4.70 Å². The standard InChI is InChI=1S/C13H14F2NS/c14-10-7-4-8-11-12(10)16(15)13(17-11)9-5-2-1-3-6-9/h4,7-9H,1-3,5-6H2/q+1. The zero-order valence-electron chi connectivity index (χ0n) is 9.46. The number of hydrogen-bond acceptors (Lipinski definition) is 1. The van der Waals surface area contributed by atoms with Crippen molar-refractivity contribution in [1.82, 2.24) is 0 Å². The molecule has 1 aromatic carbocycles. The molecule has 90 valence electrons. The Morgan fingerprint density at radius 3 is 2.65 bits per heavy atom. The Balaban J connectivity index is 2.10. The molecule has 0 spiro atoms. The van der Waals surface area contributed by atoms with Crippen molar-refractivity contribution in [2.24, 2.45) is 0 Å². The van der Waals surface area contributed by atoms with Crippen LogP contribution in [0.5, 0.6) is 0 Å². The van der Waals surface area contributed by atoms with Crippen molar-refractivity contribution < 1.29 is 13.7 Å². The fraction of sp³-hybridized carbons (Fsp3) is 0.462. The summed E-state index contributed by atoms with van der Waals surface area (Å²) in [5.41, 5.74) is 0.109. The van der Waals surface area contributed by atoms with E-state index in [1.165, 1.54) is 23.8 Å². The van der Waals surface area contributed by atoms with Gasteiger partial charge in [0.05, 0.1) is 10.4 Å². The fourth-order valence-corrected chi connectivity index (χ4v) is 3.84. The predicted octanol–water partition coefficient (Wildman–Crippen LogP) is 4.11. The molecular weight excluding hydrogens is 240 g/mol. The molecule has 0 bridgehead atoms. The molecule has 3 rings (SSSR count). The topological polar surface area (TPSA) is 3.88 Å². The summed E-state index contributed by atoms with van der Waals surface area (Å²) in [5.74, 6) is -0.200. The van der Waals surface area contributed by atoms with Gasteiger partial charge in [0.2, 0.25) is 0 Å². The van der Waals surface area contributed by atoms with Gasteiger partial charge in [-0.25, -0.2) is 0 Å². The monoisotopic (exact) mass is 254 g/mol. The van der Waals surface area contributed by atoms with Crippen LogP contribution in [0.15, 0.2) is 18.2 Å². The van der Waals surface area contributed by atoms with Crippen LogP contribution in [0.1, 0.15) is 43.0 Å². The van der Waals surface area contributed by atoms with E-state index < -0.39 is 5.82 Å². The Hall–Kier alpha value is -1.03. The number of thiazole rings is 1. The summed E-state index contributed by atoms with van der Waals surface area (Å²) in [5, 5.41) is 0.685. The lowest BCUT2D eigenvalue weighted by molar-refractivity contribution is -0.825. The molecular formula is C13H14F2NS+. The third kappa shape index (κ3) is 1.84. The highest BCUT2D eigenvalue weighted by Crippen LogP contribution is 2.36. The van der Waals surface area contributed by atoms with E-state index >= 15 is 0 Å². The first-order chi connectivity index (χ1) is 8.27. The molecule has 2 aromatic rings. The van der Waals surface area contributed by atoms with Crippen molar-refractivity contribution in [2.75, 3.05) is 0 Å². The first-order valence-electron chi connectivity index (χ1n) is 6.06. The molecule has 1 saturated carbocycles. The van der Waals surface area contributed by atoms with E-state index in [9.17, 15) is 8.87 Å². The molecule has 1 aliphatic rings. The SMILES string of the molecule is Fc1cccc2sc(C3CCCCC3)[n+](F)c12. The van der Waals surface area contributed by atoms with Crippen LogP contribution in [0.25, 0.3) is 10.2 Å². The summed E-state index contributed by atoms with van der Waals surface area (Å²) in [6, 6.07) is 4.74. The van der Waals surface area contributed by atoms with Crippen molar-refractivity contribution in [2.45, 2.75) is 38.0 Å². The minimum absolute atomic E-state index is 0.109. The van der Waals surface area contributed by atoms with Crippen molar-refractivity contribution >= 4 is 21.6 Å². The van der Waals surface area contributed by atoms with Gasteiger partial charge in [-0.15, -0.1) is 0 Å². The van der Waals surface area contributed by atoms with Crippen molar-refractivity contribution in [3.8, 4) is 0 Å². The van der Waals surface area contributed by atoms with E-state index in [0.29, 0.717) is 14.5 Å². The Bertz CT molecular complexity index is 544. The summed E-state index contributed by atoms with van der Waals surface area (Å²) < 4.78 is 28.4. The van der Waals surface area contributed by atoms with Gasteiger partial charge >= 0.3 is 5.52 Å². The Morgan fingerprint density at radius 2 is 1.94 bits per heavy atom. The van der Waals surface area contributed by atoms with E-state index in [2.05, 4.69) is 0 Å². The second kappa shape index (κ2) is 4.33. The number of benzene rings is 1. The van der Waals surface area contributed by atoms with Crippen LogP contribution in [-0.2, 0) is 0 Å². The maximum absolute atomic E-state index is 14.2. The van der Waals surface area contributed by atoms with E-state index in [-0.39, 0.29) is 11.4 Å². The van der Waals surface area contributed by atoms with Crippen LogP contribution in [0.2, 0.25) is 0 Å². The number of nitrogens with zero attached hydrogens (tertiary/aromatic N) is 1. The van der Waals surface area contributed by atoms with Crippen LogP contribution < -0.4 is 4.79 Å². The number of fused-ring (bicyclic) bond motifs is 1. The van der Waals surface area contributed by atoms with E-state index in [1.807, 2.05) is 0 Å². The van der Waals surface area contributed by atoms with Crippen LogP contribution in [0, 0.1) is 5.82 Å². The van der Waals surface area contributed by atoms with Crippen LogP contribution >= 0.6 is 11.3 Å². The van der Waals surface area contributed by atoms with Crippen molar-refractivity contribution in [1.29, 1.82) is 0 Å². The van der Waals surface area contributed by atoms with Crippen LogP contribution in [-0.4, -0.2) is 0 Å². The van der Waals surface area contributed by atoms with E-state index in [4.69, 9.17) is 0 Å². The lowest BCUT2D eigenvalue weighted by Gasteiger charge is -2.15. The fourth-order valence-electron chi connectivity index (χ4n) is 2.62. The number of halogens is 2. The van der Waals surface area contributed by atoms with Gasteiger partial charge in [-0.1, -0.05) is 36.7 Å². The van der Waals surface area contributed by atoms with Crippen LogP contribution in [0.3, 0.4) is 0 Å². The molecule has 1 aromatic heterocycles. The molecule has 4 heteroatoms. The number of hydrogen-bond donors (Lipinski definition) is 0. The minimum Gasteiger partial charge on any atom is -0.199 e. The average Bonchev–Trinajstić information content (AvgIpc) is 2.69. The lowest BCUT2D eigenvalue weighted by Crippen LogP contribution is -2.28. The minimum atomic E-state index is -0.469. The zero-order valence-corrected chi connectivity index (χ0v) is 10.3. The van der Waals surface area contributed by atoms with Crippen LogP contribution in [0.4, 0.5) is 8.87 Å².